The normalized spacial score (nSPS) is 12.4. The van der Waals surface area contributed by atoms with E-state index in [1.165, 1.54) is 42.6 Å². The number of nitrogens with zero attached hydrogens (tertiary/aromatic N) is 2. The fourth-order valence-electron chi connectivity index (χ4n) is 5.04. The molecule has 1 aliphatic rings. The number of halogens is 1. The molecular formula is C32H21ClN2S2. The summed E-state index contributed by atoms with van der Waals surface area (Å²) in [6, 6.07) is 36.2. The molecule has 2 nitrogen and oxygen atoms in total. The Kier molecular flexibility index (Phi) is 5.54. The van der Waals surface area contributed by atoms with Gasteiger partial charge in [0.1, 0.15) is 0 Å². The average Bonchev–Trinajstić information content (AvgIpc) is 3.47. The Labute approximate surface area is 229 Å². The molecular weight excluding hydrogens is 512 g/mol. The highest BCUT2D eigenvalue weighted by atomic mass is 35.5. The number of rotatable bonds is 3. The van der Waals surface area contributed by atoms with E-state index in [0.717, 1.165) is 27.5 Å². The molecule has 178 valence electrons. The monoisotopic (exact) mass is 532 g/mol. The summed E-state index contributed by atoms with van der Waals surface area (Å²) in [7, 11) is 0. The van der Waals surface area contributed by atoms with Crippen LogP contribution in [-0.4, -0.2) is 4.98 Å². The maximum Gasteiger partial charge on any atom is 0.0959 e. The number of thiophene rings is 1. The zero-order valence-corrected chi connectivity index (χ0v) is 22.4. The van der Waals surface area contributed by atoms with Crippen molar-refractivity contribution in [1.82, 2.24) is 4.98 Å². The lowest BCUT2D eigenvalue weighted by atomic mass is 9.98. The first-order chi connectivity index (χ1) is 18.2. The fraction of sp³-hybridized carbons (Fsp3) is 0.0312. The number of pyridine rings is 1. The summed E-state index contributed by atoms with van der Waals surface area (Å²) in [4.78, 5) is 11.4. The molecule has 0 saturated carbocycles. The van der Waals surface area contributed by atoms with E-state index >= 15 is 0 Å². The third-order valence-corrected chi connectivity index (χ3v) is 9.03. The second-order valence-corrected chi connectivity index (χ2v) is 11.5. The Balaban J connectivity index is 1.57. The minimum Gasteiger partial charge on any atom is -0.306 e. The molecule has 0 amide bonds. The van der Waals surface area contributed by atoms with Crippen LogP contribution in [0.5, 0.6) is 0 Å². The van der Waals surface area contributed by atoms with Crippen LogP contribution in [0.25, 0.3) is 32.6 Å². The van der Waals surface area contributed by atoms with E-state index in [1.807, 2.05) is 36.0 Å². The van der Waals surface area contributed by atoms with Gasteiger partial charge in [-0.15, -0.1) is 11.3 Å². The highest BCUT2D eigenvalue weighted by molar-refractivity contribution is 7.99. The minimum atomic E-state index is 0.721. The van der Waals surface area contributed by atoms with Gasteiger partial charge in [0.25, 0.3) is 0 Å². The number of hydrogen-bond acceptors (Lipinski definition) is 4. The molecule has 0 atom stereocenters. The van der Waals surface area contributed by atoms with Gasteiger partial charge in [-0.2, -0.15) is 0 Å². The van der Waals surface area contributed by atoms with E-state index < -0.39 is 0 Å². The maximum atomic E-state index is 6.22. The van der Waals surface area contributed by atoms with Crippen molar-refractivity contribution >= 4 is 62.7 Å². The Morgan fingerprint density at radius 1 is 0.730 bits per heavy atom. The van der Waals surface area contributed by atoms with Gasteiger partial charge in [0.2, 0.25) is 0 Å². The van der Waals surface area contributed by atoms with E-state index in [1.54, 1.807) is 11.3 Å². The van der Waals surface area contributed by atoms with E-state index in [9.17, 15) is 0 Å². The van der Waals surface area contributed by atoms with Crippen LogP contribution in [0.4, 0.5) is 17.1 Å². The fourth-order valence-corrected chi connectivity index (χ4v) is 6.97. The van der Waals surface area contributed by atoms with Crippen molar-refractivity contribution in [3.8, 4) is 21.7 Å². The first-order valence-corrected chi connectivity index (χ1v) is 14.1. The number of aromatic nitrogens is 1. The van der Waals surface area contributed by atoms with Crippen molar-refractivity contribution in [2.45, 2.75) is 16.7 Å². The minimum absolute atomic E-state index is 0.721. The molecule has 0 fully saturated rings. The van der Waals surface area contributed by atoms with Gasteiger partial charge in [-0.1, -0.05) is 71.9 Å². The maximum absolute atomic E-state index is 6.22. The Hall–Kier alpha value is -3.57. The molecule has 3 heterocycles. The predicted molar refractivity (Wildman–Crippen MR) is 159 cm³/mol. The molecule has 0 saturated heterocycles. The molecule has 4 aromatic carbocycles. The Bertz CT molecular complexity index is 1730. The number of anilines is 3. The number of para-hydroxylation sites is 2. The smallest absolute Gasteiger partial charge is 0.0959 e. The van der Waals surface area contributed by atoms with Crippen LogP contribution in [-0.2, 0) is 0 Å². The largest absolute Gasteiger partial charge is 0.306 e. The molecule has 37 heavy (non-hydrogen) atoms. The zero-order valence-electron chi connectivity index (χ0n) is 20.0. The molecule has 0 unspecified atom stereocenters. The second-order valence-electron chi connectivity index (χ2n) is 9.04. The third kappa shape index (κ3) is 3.84. The van der Waals surface area contributed by atoms with Crippen molar-refractivity contribution in [2.24, 2.45) is 0 Å². The van der Waals surface area contributed by atoms with Crippen LogP contribution in [0.1, 0.15) is 5.56 Å². The molecule has 0 spiro atoms. The van der Waals surface area contributed by atoms with Gasteiger partial charge in [0, 0.05) is 36.2 Å². The lowest BCUT2D eigenvalue weighted by Crippen LogP contribution is -2.15. The van der Waals surface area contributed by atoms with E-state index in [2.05, 4.69) is 96.1 Å². The molecule has 5 heteroatoms. The summed E-state index contributed by atoms with van der Waals surface area (Å²) < 4.78 is 0. The summed E-state index contributed by atoms with van der Waals surface area (Å²) in [5.74, 6) is 0. The van der Waals surface area contributed by atoms with E-state index in [0.29, 0.717) is 0 Å². The SMILES string of the molecule is Cc1ccc(N2c3ccccc3Sc3ccccc32)c2nc(-c3ccc(Cl)cc3)cc(-c3cccs3)c12. The third-order valence-electron chi connectivity index (χ3n) is 6.75. The van der Waals surface area contributed by atoms with Crippen LogP contribution in [0.2, 0.25) is 5.02 Å². The van der Waals surface area contributed by atoms with Gasteiger partial charge in [0.05, 0.1) is 28.3 Å². The van der Waals surface area contributed by atoms with Crippen molar-refractivity contribution in [3.63, 3.8) is 0 Å². The van der Waals surface area contributed by atoms with Crippen LogP contribution in [0, 0.1) is 6.92 Å². The highest BCUT2D eigenvalue weighted by Crippen LogP contribution is 2.53. The van der Waals surface area contributed by atoms with E-state index in [4.69, 9.17) is 16.6 Å². The van der Waals surface area contributed by atoms with Gasteiger partial charge in [-0.3, -0.25) is 0 Å². The van der Waals surface area contributed by atoms with Crippen LogP contribution in [0.3, 0.4) is 0 Å². The van der Waals surface area contributed by atoms with Crippen molar-refractivity contribution < 1.29 is 0 Å². The highest BCUT2D eigenvalue weighted by Gasteiger charge is 2.27. The first kappa shape index (κ1) is 22.6. The quantitative estimate of drug-likeness (QED) is 0.225. The van der Waals surface area contributed by atoms with Gasteiger partial charge in [0.15, 0.2) is 0 Å². The van der Waals surface area contributed by atoms with Gasteiger partial charge in [-0.05, 0) is 72.5 Å². The Morgan fingerprint density at radius 3 is 2.11 bits per heavy atom. The number of benzene rings is 4. The second kappa shape index (κ2) is 9.07. The Morgan fingerprint density at radius 2 is 1.43 bits per heavy atom. The van der Waals surface area contributed by atoms with Crippen molar-refractivity contribution in [1.29, 1.82) is 0 Å². The van der Waals surface area contributed by atoms with Gasteiger partial charge < -0.3 is 4.90 Å². The molecule has 0 aliphatic carbocycles. The summed E-state index contributed by atoms with van der Waals surface area (Å²) in [6.07, 6.45) is 0. The summed E-state index contributed by atoms with van der Waals surface area (Å²) >= 11 is 9.80. The molecule has 2 aromatic heterocycles. The summed E-state index contributed by atoms with van der Waals surface area (Å²) in [6.45, 7) is 2.18. The standard InChI is InChI=1S/C32H21ClN2S2/c1-20-12-17-27(35-25-7-2-4-9-29(25)37-30-10-5-3-8-26(30)35)32-31(20)23(28-11-6-18-36-28)19-24(34-32)21-13-15-22(33)16-14-21/h2-19H,1H3. The topological polar surface area (TPSA) is 16.1 Å². The summed E-state index contributed by atoms with van der Waals surface area (Å²) in [5.41, 5.74) is 8.82. The van der Waals surface area contributed by atoms with Crippen molar-refractivity contribution in [2.75, 3.05) is 4.90 Å². The molecule has 0 N–H and O–H groups in total. The van der Waals surface area contributed by atoms with Crippen LogP contribution < -0.4 is 4.90 Å². The van der Waals surface area contributed by atoms with Crippen LogP contribution >= 0.6 is 34.7 Å². The first-order valence-electron chi connectivity index (χ1n) is 12.1. The number of fused-ring (bicyclic) bond motifs is 3. The molecule has 1 aliphatic heterocycles. The summed E-state index contributed by atoms with van der Waals surface area (Å²) in [5, 5.41) is 4.04. The predicted octanol–water partition coefficient (Wildman–Crippen LogP) is 10.5. The number of hydrogen-bond donors (Lipinski definition) is 0. The number of aryl methyl sites for hydroxylation is 1. The van der Waals surface area contributed by atoms with Crippen LogP contribution in [0.15, 0.2) is 118 Å². The van der Waals surface area contributed by atoms with E-state index in [-0.39, 0.29) is 0 Å². The lowest BCUT2D eigenvalue weighted by Gasteiger charge is -2.33. The molecule has 6 aromatic rings. The lowest BCUT2D eigenvalue weighted by molar-refractivity contribution is 1.17. The molecule has 7 rings (SSSR count). The average molecular weight is 533 g/mol. The molecule has 0 bridgehead atoms. The molecule has 0 radical (unpaired) electrons. The van der Waals surface area contributed by atoms with Crippen molar-refractivity contribution in [3.05, 3.63) is 119 Å². The van der Waals surface area contributed by atoms with Gasteiger partial charge in [-0.25, -0.2) is 4.98 Å². The van der Waals surface area contributed by atoms with Gasteiger partial charge >= 0.3 is 0 Å². The zero-order chi connectivity index (χ0) is 24.9.